The van der Waals surface area contributed by atoms with Gasteiger partial charge in [-0.1, -0.05) is 5.21 Å². The van der Waals surface area contributed by atoms with Crippen LogP contribution in [0.2, 0.25) is 0 Å². The molecule has 1 aromatic rings. The highest BCUT2D eigenvalue weighted by molar-refractivity contribution is 5.75. The molecular formula is C9H12N4O. The quantitative estimate of drug-likeness (QED) is 0.672. The molecule has 5 nitrogen and oxygen atoms in total. The van der Waals surface area contributed by atoms with Gasteiger partial charge in [0.05, 0.1) is 6.20 Å². The Kier molecular flexibility index (Phi) is 3.68. The summed E-state index contributed by atoms with van der Waals surface area (Å²) < 4.78 is 1.46. The number of rotatable bonds is 4. The zero-order valence-corrected chi connectivity index (χ0v) is 7.97. The average molecular weight is 192 g/mol. The molecule has 0 fully saturated rings. The molecule has 0 radical (unpaired) electrons. The van der Waals surface area contributed by atoms with Crippen LogP contribution in [0.25, 0.3) is 0 Å². The molecule has 0 aliphatic carbocycles. The van der Waals surface area contributed by atoms with Crippen molar-refractivity contribution in [1.29, 1.82) is 0 Å². The first-order valence-corrected chi connectivity index (χ1v) is 4.29. The van der Waals surface area contributed by atoms with Gasteiger partial charge in [0.2, 0.25) is 5.91 Å². The fourth-order valence-electron chi connectivity index (χ4n) is 1.01. The van der Waals surface area contributed by atoms with E-state index in [1.807, 2.05) is 6.92 Å². The molecule has 0 bridgehead atoms. The molecule has 1 unspecified atom stereocenters. The first-order chi connectivity index (χ1) is 6.72. The summed E-state index contributed by atoms with van der Waals surface area (Å²) in [6.45, 7) is 2.04. The third-order valence-corrected chi connectivity index (χ3v) is 1.61. The standard InChI is InChI=1S/C9H12N4O/c1-3-4-8(2)11-9(14)7-13-6-5-10-12-13/h1,5-6,8H,4,7H2,2H3,(H,11,14). The van der Waals surface area contributed by atoms with Crippen molar-refractivity contribution in [2.24, 2.45) is 0 Å². The number of nitrogens with one attached hydrogen (secondary N) is 1. The van der Waals surface area contributed by atoms with Crippen LogP contribution in [0.15, 0.2) is 12.4 Å². The summed E-state index contributed by atoms with van der Waals surface area (Å²) in [5.41, 5.74) is 0. The first kappa shape index (κ1) is 10.3. The van der Waals surface area contributed by atoms with Gasteiger partial charge in [0.1, 0.15) is 6.54 Å². The molecule has 1 rings (SSSR count). The van der Waals surface area contributed by atoms with Gasteiger partial charge in [0.25, 0.3) is 0 Å². The van der Waals surface area contributed by atoms with Crippen LogP contribution in [0, 0.1) is 12.3 Å². The molecule has 14 heavy (non-hydrogen) atoms. The molecule has 0 aliphatic heterocycles. The number of nitrogens with zero attached hydrogens (tertiary/aromatic N) is 3. The number of hydrogen-bond donors (Lipinski definition) is 1. The summed E-state index contributed by atoms with van der Waals surface area (Å²) in [7, 11) is 0. The van der Waals surface area contributed by atoms with Crippen molar-refractivity contribution in [2.75, 3.05) is 0 Å². The van der Waals surface area contributed by atoms with Gasteiger partial charge in [-0.3, -0.25) is 4.79 Å². The maximum Gasteiger partial charge on any atom is 0.242 e. The molecule has 0 spiro atoms. The van der Waals surface area contributed by atoms with Crippen molar-refractivity contribution >= 4 is 5.91 Å². The topological polar surface area (TPSA) is 59.8 Å². The van der Waals surface area contributed by atoms with Crippen molar-refractivity contribution in [2.45, 2.75) is 25.9 Å². The zero-order valence-electron chi connectivity index (χ0n) is 7.97. The van der Waals surface area contributed by atoms with Crippen LogP contribution in [0.5, 0.6) is 0 Å². The largest absolute Gasteiger partial charge is 0.351 e. The fourth-order valence-corrected chi connectivity index (χ4v) is 1.01. The first-order valence-electron chi connectivity index (χ1n) is 4.29. The highest BCUT2D eigenvalue weighted by Gasteiger charge is 2.06. The van der Waals surface area contributed by atoms with Crippen LogP contribution in [-0.4, -0.2) is 26.9 Å². The van der Waals surface area contributed by atoms with Crippen molar-refractivity contribution in [1.82, 2.24) is 20.3 Å². The van der Waals surface area contributed by atoms with E-state index in [2.05, 4.69) is 21.5 Å². The minimum atomic E-state index is -0.113. The molecule has 5 heteroatoms. The number of terminal acetylenes is 1. The summed E-state index contributed by atoms with van der Waals surface area (Å²) >= 11 is 0. The molecule has 1 N–H and O–H groups in total. The fraction of sp³-hybridized carbons (Fsp3) is 0.444. The van der Waals surface area contributed by atoms with E-state index in [4.69, 9.17) is 6.42 Å². The van der Waals surface area contributed by atoms with E-state index in [0.29, 0.717) is 6.42 Å². The van der Waals surface area contributed by atoms with E-state index in [0.717, 1.165) is 0 Å². The normalized spacial score (nSPS) is 11.7. The van der Waals surface area contributed by atoms with Gasteiger partial charge in [-0.15, -0.1) is 17.4 Å². The molecule has 0 saturated carbocycles. The number of carbonyl (C=O) groups is 1. The number of hydrogen-bond acceptors (Lipinski definition) is 3. The number of amides is 1. The molecule has 0 saturated heterocycles. The Bertz CT molecular complexity index is 325. The van der Waals surface area contributed by atoms with Crippen LogP contribution in [0.3, 0.4) is 0 Å². The molecule has 1 atom stereocenters. The monoisotopic (exact) mass is 192 g/mol. The lowest BCUT2D eigenvalue weighted by Gasteiger charge is -2.10. The minimum Gasteiger partial charge on any atom is -0.351 e. The van der Waals surface area contributed by atoms with Gasteiger partial charge in [0, 0.05) is 18.7 Å². The Hall–Kier alpha value is -1.83. The minimum absolute atomic E-state index is 0.00368. The van der Waals surface area contributed by atoms with Crippen LogP contribution in [0.4, 0.5) is 0 Å². The lowest BCUT2D eigenvalue weighted by molar-refractivity contribution is -0.122. The van der Waals surface area contributed by atoms with Crippen LogP contribution in [0.1, 0.15) is 13.3 Å². The number of aromatic nitrogens is 3. The molecule has 1 heterocycles. The van der Waals surface area contributed by atoms with E-state index in [1.54, 1.807) is 6.20 Å². The van der Waals surface area contributed by atoms with E-state index in [9.17, 15) is 4.79 Å². The Balaban J connectivity index is 2.33. The summed E-state index contributed by atoms with van der Waals surface area (Å²) in [5, 5.41) is 10.0. The van der Waals surface area contributed by atoms with Crippen molar-refractivity contribution in [3.05, 3.63) is 12.4 Å². The Morgan fingerprint density at radius 3 is 3.14 bits per heavy atom. The van der Waals surface area contributed by atoms with E-state index >= 15 is 0 Å². The van der Waals surface area contributed by atoms with Gasteiger partial charge < -0.3 is 5.32 Å². The maximum absolute atomic E-state index is 11.3. The van der Waals surface area contributed by atoms with Crippen molar-refractivity contribution in [3.63, 3.8) is 0 Å². The van der Waals surface area contributed by atoms with Gasteiger partial charge in [0.15, 0.2) is 0 Å². The van der Waals surface area contributed by atoms with E-state index in [1.165, 1.54) is 10.9 Å². The zero-order chi connectivity index (χ0) is 10.4. The van der Waals surface area contributed by atoms with Gasteiger partial charge in [-0.05, 0) is 6.92 Å². The summed E-state index contributed by atoms with van der Waals surface area (Å²) in [6, 6.07) is -0.00368. The third-order valence-electron chi connectivity index (χ3n) is 1.61. The predicted molar refractivity (Wildman–Crippen MR) is 51.1 cm³/mol. The molecule has 74 valence electrons. The Labute approximate surface area is 82.5 Å². The molecular weight excluding hydrogens is 180 g/mol. The van der Waals surface area contributed by atoms with Crippen LogP contribution >= 0.6 is 0 Å². The van der Waals surface area contributed by atoms with Crippen molar-refractivity contribution in [3.8, 4) is 12.3 Å². The van der Waals surface area contributed by atoms with Gasteiger partial charge in [-0.2, -0.15) is 0 Å². The Morgan fingerprint density at radius 2 is 2.57 bits per heavy atom. The second-order valence-corrected chi connectivity index (χ2v) is 2.98. The second-order valence-electron chi connectivity index (χ2n) is 2.98. The molecule has 0 aliphatic rings. The molecule has 1 amide bonds. The van der Waals surface area contributed by atoms with E-state index in [-0.39, 0.29) is 18.5 Å². The lowest BCUT2D eigenvalue weighted by atomic mass is 10.2. The van der Waals surface area contributed by atoms with E-state index < -0.39 is 0 Å². The second kappa shape index (κ2) is 5.02. The predicted octanol–water partition coefficient (Wildman–Crippen LogP) is -0.194. The summed E-state index contributed by atoms with van der Waals surface area (Å²) in [4.78, 5) is 11.3. The lowest BCUT2D eigenvalue weighted by Crippen LogP contribution is -2.34. The van der Waals surface area contributed by atoms with Crippen LogP contribution in [-0.2, 0) is 11.3 Å². The number of carbonyl (C=O) groups excluding carboxylic acids is 1. The molecule has 0 aromatic carbocycles. The highest BCUT2D eigenvalue weighted by atomic mass is 16.2. The average Bonchev–Trinajstić information content (AvgIpc) is 2.56. The SMILES string of the molecule is C#CCC(C)NC(=O)Cn1ccnn1. The van der Waals surface area contributed by atoms with Gasteiger partial charge in [-0.25, -0.2) is 4.68 Å². The van der Waals surface area contributed by atoms with Gasteiger partial charge >= 0.3 is 0 Å². The Morgan fingerprint density at radius 1 is 1.79 bits per heavy atom. The third kappa shape index (κ3) is 3.27. The highest BCUT2D eigenvalue weighted by Crippen LogP contribution is 1.89. The summed E-state index contributed by atoms with van der Waals surface area (Å²) in [5.74, 6) is 2.37. The van der Waals surface area contributed by atoms with Crippen molar-refractivity contribution < 1.29 is 4.79 Å². The smallest absolute Gasteiger partial charge is 0.242 e. The maximum atomic E-state index is 11.3. The molecule has 1 aromatic heterocycles. The summed E-state index contributed by atoms with van der Waals surface area (Å²) in [6.07, 6.45) is 8.80. The van der Waals surface area contributed by atoms with Crippen LogP contribution < -0.4 is 5.32 Å².